The second-order valence-corrected chi connectivity index (χ2v) is 6.13. The fourth-order valence-electron chi connectivity index (χ4n) is 4.22. The van der Waals surface area contributed by atoms with E-state index in [9.17, 15) is 4.79 Å². The van der Waals surface area contributed by atoms with Crippen molar-refractivity contribution in [3.05, 3.63) is 0 Å². The number of piperidine rings is 2. The fraction of sp³-hybridized carbons (Fsp3) is 0.909. The van der Waals surface area contributed by atoms with Gasteiger partial charge in [-0.3, -0.25) is 4.79 Å². The van der Waals surface area contributed by atoms with Gasteiger partial charge in [0.25, 0.3) is 0 Å². The minimum atomic E-state index is 0.261. The number of alkyl halides is 1. The molecule has 0 spiro atoms. The predicted molar refractivity (Wildman–Crippen MR) is 63.4 cm³/mol. The van der Waals surface area contributed by atoms with Crippen LogP contribution in [0.2, 0.25) is 0 Å². The topological polar surface area (TPSA) is 20.3 Å². The molecule has 4 bridgehead atoms. The SMILES string of the molecule is O=CN1C2CC3CC(C2)CC1(CI)C3. The Kier molecular flexibility index (Phi) is 2.08. The van der Waals surface area contributed by atoms with E-state index in [-0.39, 0.29) is 5.54 Å². The number of halogens is 1. The number of rotatable bonds is 2. The van der Waals surface area contributed by atoms with Crippen molar-refractivity contribution >= 4 is 29.0 Å². The largest absolute Gasteiger partial charge is 0.336 e. The van der Waals surface area contributed by atoms with E-state index in [1.54, 1.807) is 0 Å². The molecule has 2 unspecified atom stereocenters. The quantitative estimate of drug-likeness (QED) is 0.435. The number of hydrogen-bond acceptors (Lipinski definition) is 1. The van der Waals surface area contributed by atoms with Crippen LogP contribution in [0.3, 0.4) is 0 Å². The summed E-state index contributed by atoms with van der Waals surface area (Å²) in [6.45, 7) is 0. The molecule has 2 nitrogen and oxygen atoms in total. The third-order valence-electron chi connectivity index (χ3n) is 4.52. The van der Waals surface area contributed by atoms with Crippen molar-refractivity contribution in [3.63, 3.8) is 0 Å². The summed E-state index contributed by atoms with van der Waals surface area (Å²) in [5.41, 5.74) is 0.261. The van der Waals surface area contributed by atoms with Gasteiger partial charge in [0.05, 0.1) is 5.54 Å². The molecule has 4 aliphatic rings. The molecule has 3 heteroatoms. The molecular weight excluding hydrogens is 289 g/mol. The van der Waals surface area contributed by atoms with Gasteiger partial charge >= 0.3 is 0 Å². The van der Waals surface area contributed by atoms with E-state index in [1.807, 2.05) is 0 Å². The summed E-state index contributed by atoms with van der Waals surface area (Å²) < 4.78 is 1.13. The number of amides is 1. The molecule has 78 valence electrons. The lowest BCUT2D eigenvalue weighted by Crippen LogP contribution is -2.66. The van der Waals surface area contributed by atoms with Crippen LogP contribution in [0.1, 0.15) is 32.1 Å². The van der Waals surface area contributed by atoms with Crippen molar-refractivity contribution in [2.45, 2.75) is 43.7 Å². The van der Waals surface area contributed by atoms with Gasteiger partial charge in [0, 0.05) is 10.5 Å². The molecule has 2 heterocycles. The third kappa shape index (κ3) is 1.11. The molecule has 2 atom stereocenters. The Hall–Kier alpha value is 0.200. The van der Waals surface area contributed by atoms with Gasteiger partial charge in [-0.15, -0.1) is 0 Å². The van der Waals surface area contributed by atoms with Crippen LogP contribution in [-0.4, -0.2) is 27.3 Å². The summed E-state index contributed by atoms with van der Waals surface area (Å²) in [6.07, 6.45) is 7.70. The maximum absolute atomic E-state index is 11.2. The number of nitrogens with zero attached hydrogens (tertiary/aromatic N) is 1. The molecular formula is C11H16INO. The van der Waals surface area contributed by atoms with E-state index in [0.717, 1.165) is 22.7 Å². The second-order valence-electron chi connectivity index (χ2n) is 5.37. The second kappa shape index (κ2) is 3.09. The van der Waals surface area contributed by atoms with Crippen LogP contribution in [-0.2, 0) is 4.79 Å². The Morgan fingerprint density at radius 3 is 2.43 bits per heavy atom. The average Bonchev–Trinajstić information content (AvgIpc) is 2.16. The zero-order chi connectivity index (χ0) is 9.76. The first kappa shape index (κ1) is 9.43. The van der Waals surface area contributed by atoms with Crippen molar-refractivity contribution in [2.24, 2.45) is 11.8 Å². The molecule has 0 radical (unpaired) electrons. The molecule has 14 heavy (non-hydrogen) atoms. The van der Waals surface area contributed by atoms with Crippen LogP contribution in [0.5, 0.6) is 0 Å². The van der Waals surface area contributed by atoms with Crippen molar-refractivity contribution in [2.75, 3.05) is 4.43 Å². The fourth-order valence-corrected chi connectivity index (χ4v) is 5.24. The van der Waals surface area contributed by atoms with E-state index in [2.05, 4.69) is 27.5 Å². The van der Waals surface area contributed by atoms with E-state index in [1.165, 1.54) is 32.1 Å². The van der Waals surface area contributed by atoms with E-state index in [4.69, 9.17) is 0 Å². The van der Waals surface area contributed by atoms with Gasteiger partial charge in [-0.1, -0.05) is 22.6 Å². The van der Waals surface area contributed by atoms with Gasteiger partial charge in [0.2, 0.25) is 6.41 Å². The molecule has 2 aliphatic carbocycles. The summed E-state index contributed by atoms with van der Waals surface area (Å²) in [5, 5.41) is 0. The zero-order valence-electron chi connectivity index (χ0n) is 8.29. The summed E-state index contributed by atoms with van der Waals surface area (Å²) in [4.78, 5) is 13.4. The van der Waals surface area contributed by atoms with Crippen molar-refractivity contribution < 1.29 is 4.79 Å². The summed E-state index contributed by atoms with van der Waals surface area (Å²) in [5.74, 6) is 1.86. The molecule has 0 aromatic carbocycles. The van der Waals surface area contributed by atoms with Gasteiger partial charge in [-0.25, -0.2) is 0 Å². The molecule has 1 amide bonds. The Morgan fingerprint density at radius 1 is 1.29 bits per heavy atom. The molecule has 0 aromatic rings. The smallest absolute Gasteiger partial charge is 0.210 e. The highest BCUT2D eigenvalue weighted by atomic mass is 127. The molecule has 0 N–H and O–H groups in total. The van der Waals surface area contributed by atoms with Crippen LogP contribution in [0.15, 0.2) is 0 Å². The highest BCUT2D eigenvalue weighted by molar-refractivity contribution is 14.1. The lowest BCUT2D eigenvalue weighted by molar-refractivity contribution is -0.147. The van der Waals surface area contributed by atoms with Crippen LogP contribution < -0.4 is 0 Å². The first-order valence-electron chi connectivity index (χ1n) is 5.57. The monoisotopic (exact) mass is 305 g/mol. The van der Waals surface area contributed by atoms with E-state index < -0.39 is 0 Å². The molecule has 2 saturated heterocycles. The summed E-state index contributed by atoms with van der Waals surface area (Å²) >= 11 is 2.47. The van der Waals surface area contributed by atoms with Gasteiger partial charge in [0.15, 0.2) is 0 Å². The summed E-state index contributed by atoms with van der Waals surface area (Å²) in [6, 6.07) is 0.591. The van der Waals surface area contributed by atoms with Gasteiger partial charge < -0.3 is 4.90 Å². The molecule has 2 saturated carbocycles. The van der Waals surface area contributed by atoms with Gasteiger partial charge in [-0.2, -0.15) is 0 Å². The minimum Gasteiger partial charge on any atom is -0.336 e. The van der Waals surface area contributed by atoms with Gasteiger partial charge in [-0.05, 0) is 43.9 Å². The standard InChI is InChI=1S/C11H16INO/c12-6-11-4-8-1-9(5-11)3-10(2-8)13(11)7-14/h7-10H,1-6H2. The van der Waals surface area contributed by atoms with Gasteiger partial charge in [0.1, 0.15) is 0 Å². The van der Waals surface area contributed by atoms with Crippen LogP contribution in [0.25, 0.3) is 0 Å². The number of carbonyl (C=O) groups excluding carboxylic acids is 1. The van der Waals surface area contributed by atoms with Crippen LogP contribution >= 0.6 is 22.6 Å². The first-order valence-corrected chi connectivity index (χ1v) is 7.10. The Morgan fingerprint density at radius 2 is 1.93 bits per heavy atom. The molecule has 0 aromatic heterocycles. The number of hydrogen-bond donors (Lipinski definition) is 0. The van der Waals surface area contributed by atoms with Crippen molar-refractivity contribution in [1.29, 1.82) is 0 Å². The Bertz CT molecular complexity index is 254. The lowest BCUT2D eigenvalue weighted by atomic mass is 9.58. The third-order valence-corrected chi connectivity index (χ3v) is 5.94. The van der Waals surface area contributed by atoms with Crippen molar-refractivity contribution in [1.82, 2.24) is 4.90 Å². The zero-order valence-corrected chi connectivity index (χ0v) is 10.4. The van der Waals surface area contributed by atoms with Crippen molar-refractivity contribution in [3.8, 4) is 0 Å². The van der Waals surface area contributed by atoms with Crippen LogP contribution in [0, 0.1) is 11.8 Å². The average molecular weight is 305 g/mol. The Balaban J connectivity index is 1.97. The van der Waals surface area contributed by atoms with E-state index >= 15 is 0 Å². The van der Waals surface area contributed by atoms with Crippen LogP contribution in [0.4, 0.5) is 0 Å². The highest BCUT2D eigenvalue weighted by Crippen LogP contribution is 2.54. The normalized spacial score (nSPS) is 49.8. The molecule has 4 rings (SSSR count). The number of carbonyl (C=O) groups is 1. The maximum atomic E-state index is 11.2. The summed E-state index contributed by atoms with van der Waals surface area (Å²) in [7, 11) is 0. The molecule has 4 fully saturated rings. The predicted octanol–water partition coefficient (Wildman–Crippen LogP) is 2.21. The lowest BCUT2D eigenvalue weighted by Gasteiger charge is -2.61. The molecule has 2 aliphatic heterocycles. The first-order chi connectivity index (χ1) is 6.77. The Labute approximate surface area is 98.6 Å². The highest BCUT2D eigenvalue weighted by Gasteiger charge is 2.54. The van der Waals surface area contributed by atoms with E-state index in [0.29, 0.717) is 6.04 Å². The maximum Gasteiger partial charge on any atom is 0.210 e. The minimum absolute atomic E-state index is 0.261.